The van der Waals surface area contributed by atoms with Gasteiger partial charge in [-0.1, -0.05) is 6.92 Å². The van der Waals surface area contributed by atoms with Gasteiger partial charge in [0.05, 0.1) is 29.4 Å². The molecule has 0 radical (unpaired) electrons. The molecule has 0 aromatic heterocycles. The molecule has 1 N–H and O–H groups in total. The molecule has 1 heterocycles. The maximum atomic E-state index is 12.4. The van der Waals surface area contributed by atoms with E-state index in [9.17, 15) is 19.7 Å². The average Bonchev–Trinajstić information content (AvgIpc) is 2.64. The standard InChI is InChI=1S/C16H21N3O6/c1-2-5-17-15(20)11-25-16(21)13-10-12(19(22)23)3-4-14(13)18-6-8-24-9-7-18/h3-4,10H,2,5-9,11H2,1H3,(H,17,20). The number of amides is 1. The summed E-state index contributed by atoms with van der Waals surface area (Å²) < 4.78 is 10.3. The second-order valence-corrected chi connectivity index (χ2v) is 5.48. The van der Waals surface area contributed by atoms with Gasteiger partial charge < -0.3 is 19.7 Å². The SMILES string of the molecule is CCCNC(=O)COC(=O)c1cc([N+](=O)[O-])ccc1N1CCOCC1. The summed E-state index contributed by atoms with van der Waals surface area (Å²) in [5, 5.41) is 13.6. The number of ether oxygens (including phenoxy) is 2. The Labute approximate surface area is 145 Å². The molecule has 136 valence electrons. The van der Waals surface area contributed by atoms with Crippen molar-refractivity contribution in [3.05, 3.63) is 33.9 Å². The van der Waals surface area contributed by atoms with Gasteiger partial charge in [-0.3, -0.25) is 14.9 Å². The van der Waals surface area contributed by atoms with Crippen LogP contribution in [0.4, 0.5) is 11.4 Å². The number of esters is 1. The van der Waals surface area contributed by atoms with E-state index in [1.807, 2.05) is 11.8 Å². The predicted octanol–water partition coefficient (Wildman–Crippen LogP) is 1.11. The van der Waals surface area contributed by atoms with E-state index in [1.54, 1.807) is 0 Å². The molecule has 0 bridgehead atoms. The minimum Gasteiger partial charge on any atom is -0.452 e. The fourth-order valence-electron chi connectivity index (χ4n) is 2.41. The van der Waals surface area contributed by atoms with Crippen LogP contribution in [0.2, 0.25) is 0 Å². The van der Waals surface area contributed by atoms with Gasteiger partial charge in [0.2, 0.25) is 0 Å². The van der Waals surface area contributed by atoms with Crippen LogP contribution in [0.1, 0.15) is 23.7 Å². The normalized spacial score (nSPS) is 14.0. The third-order valence-corrected chi connectivity index (χ3v) is 3.67. The number of morpholine rings is 1. The largest absolute Gasteiger partial charge is 0.452 e. The molecular formula is C16H21N3O6. The smallest absolute Gasteiger partial charge is 0.341 e. The molecule has 9 nitrogen and oxygen atoms in total. The molecule has 1 aromatic rings. The van der Waals surface area contributed by atoms with Crippen molar-refractivity contribution in [1.29, 1.82) is 0 Å². The van der Waals surface area contributed by atoms with Crippen molar-refractivity contribution in [1.82, 2.24) is 5.32 Å². The molecule has 0 aliphatic carbocycles. The predicted molar refractivity (Wildman–Crippen MR) is 89.7 cm³/mol. The van der Waals surface area contributed by atoms with Gasteiger partial charge in [0, 0.05) is 31.8 Å². The number of hydrogen-bond acceptors (Lipinski definition) is 7. The third kappa shape index (κ3) is 5.15. The first-order valence-electron chi connectivity index (χ1n) is 8.08. The first kappa shape index (κ1) is 18.7. The van der Waals surface area contributed by atoms with Crippen LogP contribution in [0.15, 0.2) is 18.2 Å². The molecule has 9 heteroatoms. The van der Waals surface area contributed by atoms with E-state index in [0.29, 0.717) is 38.5 Å². The Morgan fingerprint density at radius 2 is 2.08 bits per heavy atom. The highest BCUT2D eigenvalue weighted by Gasteiger charge is 2.23. The molecule has 0 spiro atoms. The zero-order chi connectivity index (χ0) is 18.2. The van der Waals surface area contributed by atoms with Crippen molar-refractivity contribution in [2.45, 2.75) is 13.3 Å². The summed E-state index contributed by atoms with van der Waals surface area (Å²) in [6, 6.07) is 4.05. The van der Waals surface area contributed by atoms with Crippen molar-refractivity contribution < 1.29 is 24.0 Å². The summed E-state index contributed by atoms with van der Waals surface area (Å²) in [7, 11) is 0. The Morgan fingerprint density at radius 1 is 1.36 bits per heavy atom. The van der Waals surface area contributed by atoms with Crippen LogP contribution in [0.3, 0.4) is 0 Å². The molecule has 1 fully saturated rings. The molecule has 1 aromatic carbocycles. The maximum Gasteiger partial charge on any atom is 0.341 e. The minimum absolute atomic E-state index is 0.0689. The molecule has 1 aliphatic heterocycles. The third-order valence-electron chi connectivity index (χ3n) is 3.67. The fraction of sp³-hybridized carbons (Fsp3) is 0.500. The summed E-state index contributed by atoms with van der Waals surface area (Å²) in [5.74, 6) is -1.18. The van der Waals surface area contributed by atoms with E-state index in [2.05, 4.69) is 5.32 Å². The number of benzene rings is 1. The Balaban J connectivity index is 2.17. The van der Waals surface area contributed by atoms with Crippen molar-refractivity contribution in [3.8, 4) is 0 Å². The molecule has 0 saturated carbocycles. The molecule has 1 saturated heterocycles. The Bertz CT molecular complexity index is 643. The van der Waals surface area contributed by atoms with Crippen LogP contribution in [-0.4, -0.2) is 56.3 Å². The molecular weight excluding hydrogens is 330 g/mol. The van der Waals surface area contributed by atoms with Crippen LogP contribution in [0, 0.1) is 10.1 Å². The lowest BCUT2D eigenvalue weighted by Crippen LogP contribution is -2.37. The molecule has 1 amide bonds. The van der Waals surface area contributed by atoms with Crippen molar-refractivity contribution >= 4 is 23.3 Å². The molecule has 2 rings (SSSR count). The van der Waals surface area contributed by atoms with Crippen LogP contribution < -0.4 is 10.2 Å². The van der Waals surface area contributed by atoms with E-state index in [-0.39, 0.29) is 11.3 Å². The molecule has 0 unspecified atom stereocenters. The van der Waals surface area contributed by atoms with Gasteiger partial charge in [-0.15, -0.1) is 0 Å². The van der Waals surface area contributed by atoms with E-state index < -0.39 is 23.4 Å². The number of anilines is 1. The number of carbonyl (C=O) groups is 2. The topological polar surface area (TPSA) is 111 Å². The van der Waals surface area contributed by atoms with E-state index in [0.717, 1.165) is 6.42 Å². The van der Waals surface area contributed by atoms with Crippen LogP contribution in [0.5, 0.6) is 0 Å². The van der Waals surface area contributed by atoms with E-state index >= 15 is 0 Å². The average molecular weight is 351 g/mol. The summed E-state index contributed by atoms with van der Waals surface area (Å²) in [5.41, 5.74) is 0.395. The second-order valence-electron chi connectivity index (χ2n) is 5.48. The molecule has 0 atom stereocenters. The van der Waals surface area contributed by atoms with E-state index in [4.69, 9.17) is 9.47 Å². The number of nitrogens with one attached hydrogen (secondary N) is 1. The fourth-order valence-corrected chi connectivity index (χ4v) is 2.41. The summed E-state index contributed by atoms with van der Waals surface area (Å²) >= 11 is 0. The molecule has 1 aliphatic rings. The Hall–Kier alpha value is -2.68. The van der Waals surface area contributed by atoms with Crippen LogP contribution in [-0.2, 0) is 14.3 Å². The maximum absolute atomic E-state index is 12.4. The zero-order valence-electron chi connectivity index (χ0n) is 14.0. The summed E-state index contributed by atoms with van der Waals surface area (Å²) in [6.07, 6.45) is 0.770. The minimum atomic E-state index is -0.767. The Morgan fingerprint density at radius 3 is 2.72 bits per heavy atom. The monoisotopic (exact) mass is 351 g/mol. The van der Waals surface area contributed by atoms with Gasteiger partial charge in [0.15, 0.2) is 6.61 Å². The highest BCUT2D eigenvalue weighted by Crippen LogP contribution is 2.27. The highest BCUT2D eigenvalue weighted by atomic mass is 16.6. The zero-order valence-corrected chi connectivity index (χ0v) is 14.0. The number of carbonyl (C=O) groups excluding carboxylic acids is 2. The number of hydrogen-bond donors (Lipinski definition) is 1. The lowest BCUT2D eigenvalue weighted by atomic mass is 10.1. The van der Waals surface area contributed by atoms with E-state index in [1.165, 1.54) is 18.2 Å². The number of non-ortho nitro benzene ring substituents is 1. The lowest BCUT2D eigenvalue weighted by Gasteiger charge is -2.30. The first-order valence-corrected chi connectivity index (χ1v) is 8.08. The summed E-state index contributed by atoms with van der Waals surface area (Å²) in [6.45, 7) is 4.11. The lowest BCUT2D eigenvalue weighted by molar-refractivity contribution is -0.384. The number of rotatable bonds is 7. The number of nitro benzene ring substituents is 1. The summed E-state index contributed by atoms with van der Waals surface area (Å²) in [4.78, 5) is 36.3. The van der Waals surface area contributed by atoms with Gasteiger partial charge in [-0.25, -0.2) is 4.79 Å². The van der Waals surface area contributed by atoms with Crippen LogP contribution in [0.25, 0.3) is 0 Å². The van der Waals surface area contributed by atoms with Gasteiger partial charge in [0.1, 0.15) is 0 Å². The first-order chi connectivity index (χ1) is 12.0. The number of nitro groups is 1. The van der Waals surface area contributed by atoms with Gasteiger partial charge in [0.25, 0.3) is 11.6 Å². The molecule has 25 heavy (non-hydrogen) atoms. The number of nitrogens with zero attached hydrogens (tertiary/aromatic N) is 2. The van der Waals surface area contributed by atoms with Crippen molar-refractivity contribution in [2.75, 3.05) is 44.4 Å². The van der Waals surface area contributed by atoms with Crippen molar-refractivity contribution in [3.63, 3.8) is 0 Å². The van der Waals surface area contributed by atoms with Gasteiger partial charge >= 0.3 is 5.97 Å². The van der Waals surface area contributed by atoms with Gasteiger partial charge in [-0.2, -0.15) is 0 Å². The van der Waals surface area contributed by atoms with Crippen LogP contribution >= 0.6 is 0 Å². The Kier molecular flexibility index (Phi) is 6.70. The van der Waals surface area contributed by atoms with Gasteiger partial charge in [-0.05, 0) is 12.5 Å². The highest BCUT2D eigenvalue weighted by molar-refractivity contribution is 5.97. The quantitative estimate of drug-likeness (QED) is 0.445. The second kappa shape index (κ2) is 8.97. The van der Waals surface area contributed by atoms with Crippen molar-refractivity contribution in [2.24, 2.45) is 0 Å².